The third kappa shape index (κ3) is 2.71. The van der Waals surface area contributed by atoms with Gasteiger partial charge in [0, 0.05) is 18.6 Å². The SMILES string of the molecule is CN(CC1CC1)C1CCCCCC1N. The van der Waals surface area contributed by atoms with Crippen LogP contribution in [0, 0.1) is 5.92 Å². The van der Waals surface area contributed by atoms with Gasteiger partial charge in [-0.2, -0.15) is 0 Å². The molecule has 2 aliphatic rings. The van der Waals surface area contributed by atoms with Crippen LogP contribution in [0.25, 0.3) is 0 Å². The third-order valence-corrected chi connectivity index (χ3v) is 3.84. The zero-order valence-corrected chi connectivity index (χ0v) is 9.41. The van der Waals surface area contributed by atoms with E-state index in [1.54, 1.807) is 0 Å². The first-order valence-electron chi connectivity index (χ1n) is 6.23. The van der Waals surface area contributed by atoms with E-state index in [9.17, 15) is 0 Å². The molecule has 2 aliphatic carbocycles. The van der Waals surface area contributed by atoms with E-state index < -0.39 is 0 Å². The van der Waals surface area contributed by atoms with E-state index in [4.69, 9.17) is 5.73 Å². The molecule has 82 valence electrons. The fourth-order valence-corrected chi connectivity index (χ4v) is 2.71. The van der Waals surface area contributed by atoms with E-state index in [1.165, 1.54) is 51.5 Å². The van der Waals surface area contributed by atoms with Crippen LogP contribution in [-0.2, 0) is 0 Å². The zero-order valence-electron chi connectivity index (χ0n) is 9.41. The van der Waals surface area contributed by atoms with Crippen LogP contribution in [0.4, 0.5) is 0 Å². The van der Waals surface area contributed by atoms with Gasteiger partial charge in [-0.25, -0.2) is 0 Å². The van der Waals surface area contributed by atoms with Gasteiger partial charge in [0.2, 0.25) is 0 Å². The van der Waals surface area contributed by atoms with E-state index in [0.29, 0.717) is 12.1 Å². The monoisotopic (exact) mass is 196 g/mol. The van der Waals surface area contributed by atoms with E-state index >= 15 is 0 Å². The highest BCUT2D eigenvalue weighted by atomic mass is 15.1. The lowest BCUT2D eigenvalue weighted by Gasteiger charge is -2.31. The van der Waals surface area contributed by atoms with Gasteiger partial charge in [0.05, 0.1) is 0 Å². The Labute approximate surface area is 87.8 Å². The smallest absolute Gasteiger partial charge is 0.0244 e. The first kappa shape index (κ1) is 10.4. The summed E-state index contributed by atoms with van der Waals surface area (Å²) in [5.41, 5.74) is 6.23. The minimum absolute atomic E-state index is 0.432. The molecule has 2 unspecified atom stereocenters. The molecule has 0 radical (unpaired) electrons. The summed E-state index contributed by atoms with van der Waals surface area (Å²) in [5, 5.41) is 0. The Bertz CT molecular complexity index is 177. The quantitative estimate of drug-likeness (QED) is 0.699. The van der Waals surface area contributed by atoms with Gasteiger partial charge in [-0.1, -0.05) is 19.3 Å². The molecule has 0 saturated heterocycles. The summed E-state index contributed by atoms with van der Waals surface area (Å²) in [6, 6.07) is 1.10. The molecule has 2 heteroatoms. The van der Waals surface area contributed by atoms with Gasteiger partial charge in [-0.15, -0.1) is 0 Å². The molecule has 0 heterocycles. The minimum atomic E-state index is 0.432. The van der Waals surface area contributed by atoms with Crippen molar-refractivity contribution < 1.29 is 0 Å². The van der Waals surface area contributed by atoms with Crippen molar-refractivity contribution in [1.29, 1.82) is 0 Å². The van der Waals surface area contributed by atoms with Crippen LogP contribution in [0.2, 0.25) is 0 Å². The second-order valence-corrected chi connectivity index (χ2v) is 5.25. The van der Waals surface area contributed by atoms with Crippen molar-refractivity contribution in [2.45, 2.75) is 57.0 Å². The molecule has 0 aromatic heterocycles. The van der Waals surface area contributed by atoms with Gasteiger partial charge in [-0.05, 0) is 38.6 Å². The molecule has 0 spiro atoms. The van der Waals surface area contributed by atoms with Crippen molar-refractivity contribution in [3.63, 3.8) is 0 Å². The highest BCUT2D eigenvalue weighted by Gasteiger charge is 2.29. The Morgan fingerprint density at radius 1 is 1.07 bits per heavy atom. The summed E-state index contributed by atoms with van der Waals surface area (Å²) in [6.45, 7) is 1.29. The predicted octanol–water partition coefficient (Wildman–Crippen LogP) is 1.99. The number of likely N-dealkylation sites (N-methyl/N-ethyl adjacent to an activating group) is 1. The van der Waals surface area contributed by atoms with Crippen molar-refractivity contribution in [2.24, 2.45) is 11.7 Å². The summed E-state index contributed by atoms with van der Waals surface area (Å²) in [7, 11) is 2.27. The lowest BCUT2D eigenvalue weighted by atomic mass is 10.0. The van der Waals surface area contributed by atoms with Crippen molar-refractivity contribution in [3.05, 3.63) is 0 Å². The molecule has 2 rings (SSSR count). The van der Waals surface area contributed by atoms with E-state index in [2.05, 4.69) is 11.9 Å². The Balaban J connectivity index is 1.84. The van der Waals surface area contributed by atoms with Gasteiger partial charge in [-0.3, -0.25) is 0 Å². The summed E-state index contributed by atoms with van der Waals surface area (Å²) >= 11 is 0. The normalized spacial score (nSPS) is 34.5. The van der Waals surface area contributed by atoms with Gasteiger partial charge in [0.1, 0.15) is 0 Å². The van der Waals surface area contributed by atoms with Crippen molar-refractivity contribution in [1.82, 2.24) is 4.90 Å². The summed E-state index contributed by atoms with van der Waals surface area (Å²) in [6.07, 6.45) is 9.58. The second-order valence-electron chi connectivity index (χ2n) is 5.25. The highest BCUT2D eigenvalue weighted by molar-refractivity contribution is 4.86. The molecule has 2 nitrogen and oxygen atoms in total. The molecule has 2 atom stereocenters. The minimum Gasteiger partial charge on any atom is -0.326 e. The molecule has 0 amide bonds. The van der Waals surface area contributed by atoms with Crippen LogP contribution in [-0.4, -0.2) is 30.6 Å². The second kappa shape index (κ2) is 4.63. The van der Waals surface area contributed by atoms with Gasteiger partial charge in [0.25, 0.3) is 0 Å². The molecule has 0 bridgehead atoms. The maximum Gasteiger partial charge on any atom is 0.0244 e. The number of rotatable bonds is 3. The molecule has 0 aliphatic heterocycles. The average molecular weight is 196 g/mol. The highest BCUT2D eigenvalue weighted by Crippen LogP contribution is 2.31. The zero-order chi connectivity index (χ0) is 9.97. The number of hydrogen-bond donors (Lipinski definition) is 1. The standard InChI is InChI=1S/C12H24N2/c1-14(9-10-7-8-10)12-6-4-2-3-5-11(12)13/h10-12H,2-9,13H2,1H3. The Kier molecular flexibility index (Phi) is 3.45. The van der Waals surface area contributed by atoms with Crippen molar-refractivity contribution in [2.75, 3.05) is 13.6 Å². The lowest BCUT2D eigenvalue weighted by Crippen LogP contribution is -2.46. The largest absolute Gasteiger partial charge is 0.326 e. The van der Waals surface area contributed by atoms with Gasteiger partial charge in [0.15, 0.2) is 0 Å². The van der Waals surface area contributed by atoms with Crippen LogP contribution in [0.3, 0.4) is 0 Å². The van der Waals surface area contributed by atoms with E-state index in [1.807, 2.05) is 0 Å². The van der Waals surface area contributed by atoms with Gasteiger partial charge >= 0.3 is 0 Å². The maximum absolute atomic E-state index is 6.23. The first-order chi connectivity index (χ1) is 6.77. The average Bonchev–Trinajstić information content (AvgIpc) is 2.93. The molecule has 2 fully saturated rings. The Hall–Kier alpha value is -0.0800. The Morgan fingerprint density at radius 3 is 2.50 bits per heavy atom. The molecule has 14 heavy (non-hydrogen) atoms. The van der Waals surface area contributed by atoms with Crippen molar-refractivity contribution >= 4 is 0 Å². The Morgan fingerprint density at radius 2 is 1.79 bits per heavy atom. The maximum atomic E-state index is 6.23. The fourth-order valence-electron chi connectivity index (χ4n) is 2.71. The summed E-state index contributed by atoms with van der Waals surface area (Å²) in [5.74, 6) is 0.996. The number of nitrogens with zero attached hydrogens (tertiary/aromatic N) is 1. The van der Waals surface area contributed by atoms with E-state index in [-0.39, 0.29) is 0 Å². The summed E-state index contributed by atoms with van der Waals surface area (Å²) in [4.78, 5) is 2.54. The molecular formula is C12H24N2. The number of hydrogen-bond acceptors (Lipinski definition) is 2. The molecule has 2 saturated carbocycles. The summed E-state index contributed by atoms with van der Waals surface area (Å²) < 4.78 is 0. The van der Waals surface area contributed by atoms with Crippen LogP contribution >= 0.6 is 0 Å². The van der Waals surface area contributed by atoms with Crippen molar-refractivity contribution in [3.8, 4) is 0 Å². The fraction of sp³-hybridized carbons (Fsp3) is 1.00. The first-order valence-corrected chi connectivity index (χ1v) is 6.23. The molecule has 0 aromatic rings. The lowest BCUT2D eigenvalue weighted by molar-refractivity contribution is 0.193. The van der Waals surface area contributed by atoms with Crippen LogP contribution in [0.5, 0.6) is 0 Å². The van der Waals surface area contributed by atoms with Gasteiger partial charge < -0.3 is 10.6 Å². The van der Waals surface area contributed by atoms with E-state index in [0.717, 1.165) is 5.92 Å². The van der Waals surface area contributed by atoms with Crippen LogP contribution in [0.15, 0.2) is 0 Å². The molecule has 2 N–H and O–H groups in total. The predicted molar refractivity (Wildman–Crippen MR) is 60.2 cm³/mol. The molecular weight excluding hydrogens is 172 g/mol. The van der Waals surface area contributed by atoms with Crippen LogP contribution in [0.1, 0.15) is 44.9 Å². The topological polar surface area (TPSA) is 29.3 Å². The molecule has 0 aromatic carbocycles. The van der Waals surface area contributed by atoms with Crippen LogP contribution < -0.4 is 5.73 Å². The third-order valence-electron chi connectivity index (χ3n) is 3.84. The number of nitrogens with two attached hydrogens (primary N) is 1.